The van der Waals surface area contributed by atoms with Crippen molar-refractivity contribution in [3.63, 3.8) is 0 Å². The van der Waals surface area contributed by atoms with Gasteiger partial charge in [0, 0.05) is 55.4 Å². The average molecular weight is 437 g/mol. The van der Waals surface area contributed by atoms with Crippen LogP contribution in [0.3, 0.4) is 0 Å². The topological polar surface area (TPSA) is 51.7 Å². The third-order valence-corrected chi connectivity index (χ3v) is 6.78. The third kappa shape index (κ3) is 5.05. The predicted octanol–water partition coefficient (Wildman–Crippen LogP) is 5.31. The van der Waals surface area contributed by atoms with E-state index >= 15 is 0 Å². The van der Waals surface area contributed by atoms with Crippen LogP contribution in [0.4, 0.5) is 0 Å². The van der Waals surface area contributed by atoms with Crippen molar-refractivity contribution in [2.24, 2.45) is 0 Å². The van der Waals surface area contributed by atoms with Crippen LogP contribution in [0, 0.1) is 0 Å². The third-order valence-electron chi connectivity index (χ3n) is 6.78. The smallest absolute Gasteiger partial charge is 0.253 e. The lowest BCUT2D eigenvalue weighted by Crippen LogP contribution is -2.52. The van der Waals surface area contributed by atoms with Gasteiger partial charge in [-0.3, -0.25) is 9.78 Å². The van der Waals surface area contributed by atoms with Gasteiger partial charge in [-0.1, -0.05) is 51.1 Å². The van der Waals surface area contributed by atoms with E-state index in [1.807, 2.05) is 23.1 Å². The fraction of sp³-hybridized carbons (Fsp3) is 0.556. The lowest BCUT2D eigenvalue weighted by molar-refractivity contribution is -0.190. The summed E-state index contributed by atoms with van der Waals surface area (Å²) in [5, 5.41) is 0. The number of carbonyl (C=O) groups is 1. The molecule has 2 aliphatic rings. The van der Waals surface area contributed by atoms with Crippen molar-refractivity contribution in [1.82, 2.24) is 9.88 Å². The lowest BCUT2D eigenvalue weighted by atomic mass is 9.80. The van der Waals surface area contributed by atoms with Gasteiger partial charge in [0.15, 0.2) is 0 Å². The molecule has 1 aromatic heterocycles. The maximum absolute atomic E-state index is 13.2. The van der Waals surface area contributed by atoms with Crippen molar-refractivity contribution in [3.8, 4) is 0 Å². The Balaban J connectivity index is 1.47. The van der Waals surface area contributed by atoms with Crippen molar-refractivity contribution in [1.29, 1.82) is 0 Å². The maximum Gasteiger partial charge on any atom is 0.253 e. The number of rotatable bonds is 4. The van der Waals surface area contributed by atoms with E-state index in [0.717, 1.165) is 36.9 Å². The van der Waals surface area contributed by atoms with Gasteiger partial charge in [-0.15, -0.1) is 0 Å². The quantitative estimate of drug-likeness (QED) is 0.652. The van der Waals surface area contributed by atoms with E-state index in [1.165, 1.54) is 5.56 Å². The van der Waals surface area contributed by atoms with Gasteiger partial charge in [-0.25, -0.2) is 0 Å². The first-order valence-electron chi connectivity index (χ1n) is 11.9. The zero-order chi connectivity index (χ0) is 22.8. The summed E-state index contributed by atoms with van der Waals surface area (Å²) in [4.78, 5) is 19.7. The molecule has 172 valence electrons. The van der Waals surface area contributed by atoms with E-state index in [9.17, 15) is 4.79 Å². The fourth-order valence-corrected chi connectivity index (χ4v) is 4.97. The molecule has 32 heavy (non-hydrogen) atoms. The second-order valence-electron chi connectivity index (χ2n) is 10.2. The van der Waals surface area contributed by atoms with Crippen LogP contribution in [0.2, 0.25) is 0 Å². The summed E-state index contributed by atoms with van der Waals surface area (Å²) in [7, 11) is 0. The van der Waals surface area contributed by atoms with Crippen molar-refractivity contribution in [2.45, 2.75) is 76.6 Å². The first-order chi connectivity index (χ1) is 15.3. The molecule has 2 fully saturated rings. The van der Waals surface area contributed by atoms with Gasteiger partial charge >= 0.3 is 0 Å². The number of hydrogen-bond donors (Lipinski definition) is 0. The minimum atomic E-state index is -0.232. The highest BCUT2D eigenvalue weighted by molar-refractivity contribution is 5.94. The molecule has 3 heterocycles. The molecule has 0 radical (unpaired) electrons. The van der Waals surface area contributed by atoms with Gasteiger partial charge < -0.3 is 14.4 Å². The van der Waals surface area contributed by atoms with E-state index < -0.39 is 0 Å². The van der Waals surface area contributed by atoms with Gasteiger partial charge in [0.2, 0.25) is 0 Å². The van der Waals surface area contributed by atoms with E-state index in [2.05, 4.69) is 56.9 Å². The van der Waals surface area contributed by atoms with E-state index in [4.69, 9.17) is 9.47 Å². The number of piperidine rings is 1. The molecule has 0 saturated carbocycles. The highest BCUT2D eigenvalue weighted by atomic mass is 16.5. The van der Waals surface area contributed by atoms with Crippen molar-refractivity contribution < 1.29 is 14.3 Å². The zero-order valence-corrected chi connectivity index (χ0v) is 19.8. The van der Waals surface area contributed by atoms with Crippen molar-refractivity contribution >= 4 is 5.91 Å². The van der Waals surface area contributed by atoms with Crippen molar-refractivity contribution in [2.75, 3.05) is 19.7 Å². The molecule has 2 aromatic rings. The van der Waals surface area contributed by atoms with Crippen LogP contribution >= 0.6 is 0 Å². The summed E-state index contributed by atoms with van der Waals surface area (Å²) in [5.74, 6) is 0.0875. The Bertz CT molecular complexity index is 914. The normalized spacial score (nSPS) is 23.3. The Hall–Kier alpha value is -2.24. The monoisotopic (exact) mass is 436 g/mol. The highest BCUT2D eigenvalue weighted by Crippen LogP contribution is 2.44. The van der Waals surface area contributed by atoms with Gasteiger partial charge in [-0.2, -0.15) is 0 Å². The summed E-state index contributed by atoms with van der Waals surface area (Å²) >= 11 is 0. The second-order valence-corrected chi connectivity index (χ2v) is 10.2. The molecule has 1 amide bonds. The summed E-state index contributed by atoms with van der Waals surface area (Å²) in [6.07, 6.45) is 5.44. The first-order valence-corrected chi connectivity index (χ1v) is 11.9. The number of likely N-dealkylation sites (tertiary alicyclic amines) is 1. The molecule has 1 spiro atoms. The number of ether oxygens (including phenoxy) is 2. The molecule has 5 heteroatoms. The Kier molecular flexibility index (Phi) is 6.68. The number of carbonyl (C=O) groups excluding carboxylic acids is 1. The standard InChI is InChI=1S/C27H36N2O3/c1-5-31-22-18-23(20-9-7-6-8-10-20)32-27(19-22)12-15-29(16-13-27)25(30)21-11-14-28-24(17-21)26(2,3)4/h6-11,14,17,22-23H,5,12-13,15-16,18-19H2,1-4H3/t22-,23-/m1/s1. The van der Waals surface area contributed by atoms with Crippen LogP contribution in [0.5, 0.6) is 0 Å². The Morgan fingerprint density at radius 2 is 1.91 bits per heavy atom. The minimum absolute atomic E-state index is 0.0401. The molecular formula is C27H36N2O3. The summed E-state index contributed by atoms with van der Waals surface area (Å²) in [6.45, 7) is 10.5. The number of nitrogens with zero attached hydrogens (tertiary/aromatic N) is 2. The predicted molar refractivity (Wildman–Crippen MR) is 126 cm³/mol. The molecule has 0 bridgehead atoms. The van der Waals surface area contributed by atoms with Gasteiger partial charge in [-0.05, 0) is 37.5 Å². The number of amides is 1. The molecule has 2 atom stereocenters. The minimum Gasteiger partial charge on any atom is -0.378 e. The van der Waals surface area contributed by atoms with Crippen LogP contribution in [0.15, 0.2) is 48.7 Å². The van der Waals surface area contributed by atoms with E-state index in [-0.39, 0.29) is 29.1 Å². The van der Waals surface area contributed by atoms with Crippen LogP contribution < -0.4 is 0 Å². The molecule has 0 aliphatic carbocycles. The Morgan fingerprint density at radius 1 is 1.19 bits per heavy atom. The molecule has 0 unspecified atom stereocenters. The van der Waals surface area contributed by atoms with Crippen LogP contribution in [-0.4, -0.2) is 47.2 Å². The van der Waals surface area contributed by atoms with Gasteiger partial charge in [0.05, 0.1) is 17.8 Å². The summed E-state index contributed by atoms with van der Waals surface area (Å²) in [6, 6.07) is 14.2. The molecule has 5 nitrogen and oxygen atoms in total. The number of benzene rings is 1. The van der Waals surface area contributed by atoms with Crippen molar-refractivity contribution in [3.05, 3.63) is 65.5 Å². The Labute approximate surface area is 192 Å². The van der Waals surface area contributed by atoms with Crippen LogP contribution in [-0.2, 0) is 14.9 Å². The number of pyridine rings is 1. The molecular weight excluding hydrogens is 400 g/mol. The highest BCUT2D eigenvalue weighted by Gasteiger charge is 2.45. The first kappa shape index (κ1) is 22.9. The SMILES string of the molecule is CCO[C@@H]1C[C@H](c2ccccc2)OC2(CCN(C(=O)c3ccnc(C(C)(C)C)c3)CC2)C1. The number of hydrogen-bond acceptors (Lipinski definition) is 4. The second kappa shape index (κ2) is 9.32. The largest absolute Gasteiger partial charge is 0.378 e. The molecule has 2 saturated heterocycles. The summed E-state index contributed by atoms with van der Waals surface area (Å²) < 4.78 is 12.8. The number of aromatic nitrogens is 1. The Morgan fingerprint density at radius 3 is 2.56 bits per heavy atom. The summed E-state index contributed by atoms with van der Waals surface area (Å²) in [5.41, 5.74) is 2.56. The van der Waals surface area contributed by atoms with Crippen LogP contribution in [0.1, 0.15) is 81.1 Å². The van der Waals surface area contributed by atoms with Gasteiger partial charge in [0.25, 0.3) is 5.91 Å². The average Bonchev–Trinajstić information content (AvgIpc) is 2.79. The molecule has 1 aromatic carbocycles. The molecule has 2 aliphatic heterocycles. The molecule has 4 rings (SSSR count). The van der Waals surface area contributed by atoms with E-state index in [0.29, 0.717) is 19.7 Å². The zero-order valence-electron chi connectivity index (χ0n) is 19.8. The lowest BCUT2D eigenvalue weighted by Gasteiger charge is -2.48. The van der Waals surface area contributed by atoms with E-state index in [1.54, 1.807) is 6.20 Å². The van der Waals surface area contributed by atoms with Crippen LogP contribution in [0.25, 0.3) is 0 Å². The molecule has 0 N–H and O–H groups in total. The fourth-order valence-electron chi connectivity index (χ4n) is 4.97. The maximum atomic E-state index is 13.2. The van der Waals surface area contributed by atoms with Gasteiger partial charge in [0.1, 0.15) is 0 Å².